The van der Waals surface area contributed by atoms with E-state index >= 15 is 0 Å². The van der Waals surface area contributed by atoms with Gasteiger partial charge in [-0.1, -0.05) is 54.2 Å². The molecule has 0 aliphatic carbocycles. The molecule has 0 radical (unpaired) electrons. The Morgan fingerprint density at radius 1 is 0.600 bits per heavy atom. The van der Waals surface area contributed by atoms with E-state index in [4.69, 9.17) is 0 Å². The SMILES string of the molecule is O=C1NC(=O)C(Cc2ccc(SCCCCCSc3ccc(CC4SC(=O)NC4=O)cc3)cc2)S1. The molecule has 0 aromatic heterocycles. The molecule has 0 saturated carbocycles. The number of amides is 4. The Hall–Kier alpha value is -1.88. The number of rotatable bonds is 12. The molecule has 2 saturated heterocycles. The van der Waals surface area contributed by atoms with Gasteiger partial charge in [-0.15, -0.1) is 23.5 Å². The Morgan fingerprint density at radius 3 is 1.34 bits per heavy atom. The van der Waals surface area contributed by atoms with E-state index in [2.05, 4.69) is 34.9 Å². The number of nitrogens with one attached hydrogen (secondary N) is 2. The van der Waals surface area contributed by atoms with E-state index in [9.17, 15) is 19.2 Å². The van der Waals surface area contributed by atoms with Crippen molar-refractivity contribution in [3.05, 3.63) is 59.7 Å². The summed E-state index contributed by atoms with van der Waals surface area (Å²) in [5.74, 6) is 1.76. The zero-order chi connectivity index (χ0) is 24.6. The van der Waals surface area contributed by atoms with Gasteiger partial charge in [0.2, 0.25) is 11.8 Å². The van der Waals surface area contributed by atoms with E-state index in [1.165, 1.54) is 16.2 Å². The summed E-state index contributed by atoms with van der Waals surface area (Å²) < 4.78 is 0. The van der Waals surface area contributed by atoms with Gasteiger partial charge in [0.25, 0.3) is 10.5 Å². The first-order valence-corrected chi connectivity index (χ1v) is 15.2. The lowest BCUT2D eigenvalue weighted by Gasteiger charge is -2.07. The van der Waals surface area contributed by atoms with E-state index < -0.39 is 0 Å². The summed E-state index contributed by atoms with van der Waals surface area (Å²) in [5, 5.41) is 3.52. The average Bonchev–Trinajstić information content (AvgIpc) is 3.33. The van der Waals surface area contributed by atoms with Gasteiger partial charge >= 0.3 is 0 Å². The molecule has 2 aromatic rings. The molecule has 10 heteroatoms. The summed E-state index contributed by atoms with van der Waals surface area (Å²) in [6.45, 7) is 0. The van der Waals surface area contributed by atoms with E-state index in [1.54, 1.807) is 0 Å². The molecule has 0 spiro atoms. The van der Waals surface area contributed by atoms with E-state index in [1.807, 2.05) is 47.8 Å². The van der Waals surface area contributed by atoms with Crippen LogP contribution >= 0.6 is 47.0 Å². The molecule has 6 nitrogen and oxygen atoms in total. The van der Waals surface area contributed by atoms with Gasteiger partial charge in [0.05, 0.1) is 10.5 Å². The first-order chi connectivity index (χ1) is 17.0. The van der Waals surface area contributed by atoms with Crippen molar-refractivity contribution in [1.82, 2.24) is 10.6 Å². The maximum Gasteiger partial charge on any atom is 0.286 e. The highest BCUT2D eigenvalue weighted by atomic mass is 32.2. The first kappa shape index (κ1) is 26.2. The second-order valence-electron chi connectivity index (χ2n) is 8.22. The lowest BCUT2D eigenvalue weighted by atomic mass is 10.1. The summed E-state index contributed by atoms with van der Waals surface area (Å²) in [4.78, 5) is 48.4. The molecule has 4 amide bonds. The number of carbonyl (C=O) groups excluding carboxylic acids is 4. The molecule has 2 unspecified atom stereocenters. The largest absolute Gasteiger partial charge is 0.286 e. The monoisotopic (exact) mass is 546 g/mol. The van der Waals surface area contributed by atoms with Gasteiger partial charge in [-0.05, 0) is 72.6 Å². The fourth-order valence-corrected chi connectivity index (χ4v) is 7.23. The molecular formula is C25H26N2O4S4. The third kappa shape index (κ3) is 8.06. The summed E-state index contributed by atoms with van der Waals surface area (Å²) >= 11 is 5.83. The lowest BCUT2D eigenvalue weighted by Crippen LogP contribution is -2.25. The Labute approximate surface area is 221 Å². The van der Waals surface area contributed by atoms with Crippen LogP contribution in [-0.2, 0) is 22.4 Å². The summed E-state index contributed by atoms with van der Waals surface area (Å²) in [7, 11) is 0. The Morgan fingerprint density at radius 2 is 1.00 bits per heavy atom. The minimum absolute atomic E-state index is 0.193. The van der Waals surface area contributed by atoms with E-state index in [0.717, 1.165) is 59.0 Å². The molecule has 2 aliphatic rings. The molecule has 2 aromatic carbocycles. The number of carbonyl (C=O) groups is 4. The topological polar surface area (TPSA) is 92.3 Å². The predicted octanol–water partition coefficient (Wildman–Crippen LogP) is 5.53. The minimum atomic E-state index is -0.317. The van der Waals surface area contributed by atoms with Crippen LogP contribution in [0.3, 0.4) is 0 Å². The number of hydrogen-bond acceptors (Lipinski definition) is 8. The smallest absolute Gasteiger partial charge is 0.286 e. The number of imide groups is 2. The highest BCUT2D eigenvalue weighted by molar-refractivity contribution is 8.15. The second-order valence-corrected chi connectivity index (χ2v) is 12.9. The Kier molecular flexibility index (Phi) is 9.65. The van der Waals surface area contributed by atoms with Gasteiger partial charge in [-0.2, -0.15) is 0 Å². The Bertz CT molecular complexity index is 990. The quantitative estimate of drug-likeness (QED) is 0.265. The van der Waals surface area contributed by atoms with Crippen LogP contribution in [0.1, 0.15) is 30.4 Å². The summed E-state index contributed by atoms with van der Waals surface area (Å²) in [5.41, 5.74) is 2.14. The molecule has 2 aliphatic heterocycles. The molecule has 4 rings (SSSR count). The summed E-state index contributed by atoms with van der Waals surface area (Å²) in [6.07, 6.45) is 4.65. The van der Waals surface area contributed by atoms with Crippen LogP contribution in [0, 0.1) is 0 Å². The number of hydrogen-bond donors (Lipinski definition) is 2. The third-order valence-corrected chi connectivity index (χ3v) is 9.71. The zero-order valence-electron chi connectivity index (χ0n) is 19.0. The van der Waals surface area contributed by atoms with Crippen molar-refractivity contribution < 1.29 is 19.2 Å². The standard InChI is InChI=1S/C25H26N2O4S4/c28-22-20(34-24(30)26-22)14-16-4-8-18(9-5-16)32-12-2-1-3-13-33-19-10-6-17(7-11-19)15-21-23(29)27-25(31)35-21/h4-11,20-21H,1-3,12-15H2,(H,26,28,30)(H,27,29,31). The minimum Gasteiger partial charge on any atom is -0.286 e. The van der Waals surface area contributed by atoms with Crippen LogP contribution < -0.4 is 10.6 Å². The van der Waals surface area contributed by atoms with Gasteiger partial charge < -0.3 is 0 Å². The maximum atomic E-state index is 11.7. The number of benzene rings is 2. The zero-order valence-corrected chi connectivity index (χ0v) is 22.3. The number of unbranched alkanes of at least 4 members (excludes halogenated alkanes) is 2. The number of thioether (sulfide) groups is 4. The van der Waals surface area contributed by atoms with Crippen molar-refractivity contribution >= 4 is 69.3 Å². The van der Waals surface area contributed by atoms with Gasteiger partial charge in [-0.3, -0.25) is 29.8 Å². The third-order valence-electron chi connectivity index (χ3n) is 5.55. The maximum absolute atomic E-state index is 11.7. The van der Waals surface area contributed by atoms with Gasteiger partial charge in [-0.25, -0.2) is 0 Å². The van der Waals surface area contributed by atoms with Crippen LogP contribution in [0.25, 0.3) is 0 Å². The molecule has 2 N–H and O–H groups in total. The molecule has 0 bridgehead atoms. The van der Waals surface area contributed by atoms with Gasteiger partial charge in [0, 0.05) is 9.79 Å². The van der Waals surface area contributed by atoms with E-state index in [-0.39, 0.29) is 32.8 Å². The molecule has 2 heterocycles. The first-order valence-electron chi connectivity index (χ1n) is 11.4. The Balaban J connectivity index is 1.07. The average molecular weight is 547 g/mol. The van der Waals surface area contributed by atoms with Crippen LogP contribution in [-0.4, -0.2) is 44.3 Å². The van der Waals surface area contributed by atoms with Gasteiger partial charge in [0.15, 0.2) is 0 Å². The van der Waals surface area contributed by atoms with Crippen molar-refractivity contribution in [2.75, 3.05) is 11.5 Å². The van der Waals surface area contributed by atoms with Crippen LogP contribution in [0.4, 0.5) is 9.59 Å². The van der Waals surface area contributed by atoms with Crippen molar-refractivity contribution in [2.24, 2.45) is 0 Å². The normalized spacial score (nSPS) is 19.8. The van der Waals surface area contributed by atoms with Crippen molar-refractivity contribution in [2.45, 2.75) is 52.4 Å². The van der Waals surface area contributed by atoms with Crippen LogP contribution in [0.15, 0.2) is 58.3 Å². The van der Waals surface area contributed by atoms with Crippen LogP contribution in [0.2, 0.25) is 0 Å². The van der Waals surface area contributed by atoms with Crippen molar-refractivity contribution in [3.63, 3.8) is 0 Å². The molecule has 2 atom stereocenters. The molecule has 184 valence electrons. The van der Waals surface area contributed by atoms with Crippen molar-refractivity contribution in [1.29, 1.82) is 0 Å². The molecule has 2 fully saturated rings. The van der Waals surface area contributed by atoms with Gasteiger partial charge in [0.1, 0.15) is 0 Å². The summed E-state index contributed by atoms with van der Waals surface area (Å²) in [6, 6.07) is 16.5. The fraction of sp³-hybridized carbons (Fsp3) is 0.360. The molecular weight excluding hydrogens is 521 g/mol. The highest BCUT2D eigenvalue weighted by Gasteiger charge is 2.32. The lowest BCUT2D eigenvalue weighted by molar-refractivity contribution is -0.119. The fourth-order valence-electron chi connectivity index (χ4n) is 3.69. The van der Waals surface area contributed by atoms with E-state index in [0.29, 0.717) is 12.8 Å². The molecule has 35 heavy (non-hydrogen) atoms. The second kappa shape index (κ2) is 12.9. The highest BCUT2D eigenvalue weighted by Crippen LogP contribution is 2.27. The van der Waals surface area contributed by atoms with Crippen molar-refractivity contribution in [3.8, 4) is 0 Å². The van der Waals surface area contributed by atoms with Crippen LogP contribution in [0.5, 0.6) is 0 Å². The predicted molar refractivity (Wildman–Crippen MR) is 145 cm³/mol.